The van der Waals surface area contributed by atoms with Crippen molar-refractivity contribution >= 4 is 5.97 Å². The smallest absolute Gasteiger partial charge is 0.304 e. The highest BCUT2D eigenvalue weighted by atomic mass is 16.4. The zero-order chi connectivity index (χ0) is 13.5. The summed E-state index contributed by atoms with van der Waals surface area (Å²) in [5.74, 6) is 0.158. The van der Waals surface area contributed by atoms with Crippen molar-refractivity contribution in [3.63, 3.8) is 0 Å². The van der Waals surface area contributed by atoms with Crippen LogP contribution >= 0.6 is 0 Å². The molecule has 1 N–H and O–H groups in total. The maximum atomic E-state index is 10.6. The van der Waals surface area contributed by atoms with E-state index in [9.17, 15) is 4.79 Å². The quantitative estimate of drug-likeness (QED) is 0.829. The molecule has 2 aliphatic rings. The molecule has 4 nitrogen and oxygen atoms in total. The number of carboxylic acid groups (broad SMARTS) is 1. The number of hydrogen-bond acceptors (Lipinski definition) is 3. The van der Waals surface area contributed by atoms with E-state index >= 15 is 0 Å². The number of hydrogen-bond donors (Lipinski definition) is 1. The summed E-state index contributed by atoms with van der Waals surface area (Å²) < 4.78 is 0. The van der Waals surface area contributed by atoms with E-state index in [0.717, 1.165) is 25.6 Å². The topological polar surface area (TPSA) is 43.8 Å². The fourth-order valence-electron chi connectivity index (χ4n) is 3.33. The zero-order valence-electron chi connectivity index (χ0n) is 12.0. The summed E-state index contributed by atoms with van der Waals surface area (Å²) in [6.45, 7) is 6.76. The van der Waals surface area contributed by atoms with Crippen LogP contribution in [0.5, 0.6) is 0 Å². The zero-order valence-corrected chi connectivity index (χ0v) is 12.0. The SMILES string of the molecule is O=C(O)CCN1CCC(CN2CCCCCC2)CC1. The van der Waals surface area contributed by atoms with E-state index in [2.05, 4.69) is 9.80 Å². The predicted molar refractivity (Wildman–Crippen MR) is 76.3 cm³/mol. The van der Waals surface area contributed by atoms with Crippen LogP contribution in [-0.2, 0) is 4.79 Å². The van der Waals surface area contributed by atoms with Crippen LogP contribution in [0.25, 0.3) is 0 Å². The van der Waals surface area contributed by atoms with Gasteiger partial charge < -0.3 is 14.9 Å². The normalized spacial score (nSPS) is 24.2. The Labute approximate surface area is 116 Å². The van der Waals surface area contributed by atoms with E-state index in [4.69, 9.17) is 5.11 Å². The summed E-state index contributed by atoms with van der Waals surface area (Å²) in [5, 5.41) is 8.71. The third-order valence-corrected chi connectivity index (χ3v) is 4.56. The lowest BCUT2D eigenvalue weighted by molar-refractivity contribution is -0.137. The lowest BCUT2D eigenvalue weighted by Crippen LogP contribution is -2.39. The van der Waals surface area contributed by atoms with Gasteiger partial charge in [0.25, 0.3) is 0 Å². The van der Waals surface area contributed by atoms with Crippen LogP contribution < -0.4 is 0 Å². The standard InChI is InChI=1S/C15H28N2O2/c18-15(19)7-12-16-10-5-14(6-11-16)13-17-8-3-1-2-4-9-17/h14H,1-13H2,(H,18,19). The molecule has 0 bridgehead atoms. The van der Waals surface area contributed by atoms with Crippen molar-refractivity contribution in [2.75, 3.05) is 39.3 Å². The summed E-state index contributed by atoms with van der Waals surface area (Å²) >= 11 is 0. The molecule has 2 rings (SSSR count). The molecule has 2 heterocycles. The molecule has 0 saturated carbocycles. The number of aliphatic carboxylic acids is 1. The van der Waals surface area contributed by atoms with Gasteiger partial charge in [-0.25, -0.2) is 0 Å². The molecule has 0 radical (unpaired) electrons. The first-order valence-corrected chi connectivity index (χ1v) is 7.90. The second kappa shape index (κ2) is 7.85. The first kappa shape index (κ1) is 14.8. The summed E-state index contributed by atoms with van der Waals surface area (Å²) in [7, 11) is 0. The second-order valence-electron chi connectivity index (χ2n) is 6.14. The molecule has 2 aliphatic heterocycles. The Morgan fingerprint density at radius 3 is 2.16 bits per heavy atom. The van der Waals surface area contributed by atoms with Crippen LogP contribution in [0.2, 0.25) is 0 Å². The fraction of sp³-hybridized carbons (Fsp3) is 0.933. The van der Waals surface area contributed by atoms with Gasteiger partial charge in [0.05, 0.1) is 6.42 Å². The molecule has 4 heteroatoms. The number of carbonyl (C=O) groups is 1. The van der Waals surface area contributed by atoms with Crippen molar-refractivity contribution in [1.29, 1.82) is 0 Å². The maximum absolute atomic E-state index is 10.6. The number of likely N-dealkylation sites (tertiary alicyclic amines) is 2. The third-order valence-electron chi connectivity index (χ3n) is 4.56. The molecule has 0 amide bonds. The molecule has 2 saturated heterocycles. The Balaban J connectivity index is 1.63. The van der Waals surface area contributed by atoms with Crippen molar-refractivity contribution < 1.29 is 9.90 Å². The number of nitrogens with zero attached hydrogens (tertiary/aromatic N) is 2. The molecule has 0 aromatic rings. The van der Waals surface area contributed by atoms with Crippen molar-refractivity contribution in [2.24, 2.45) is 5.92 Å². The first-order valence-electron chi connectivity index (χ1n) is 7.90. The van der Waals surface area contributed by atoms with Gasteiger partial charge in [0.2, 0.25) is 0 Å². The highest BCUT2D eigenvalue weighted by molar-refractivity contribution is 5.66. The van der Waals surface area contributed by atoms with E-state index < -0.39 is 5.97 Å². The van der Waals surface area contributed by atoms with Crippen LogP contribution in [0.1, 0.15) is 44.9 Å². The first-order chi connectivity index (χ1) is 9.24. The summed E-state index contributed by atoms with van der Waals surface area (Å²) in [4.78, 5) is 15.5. The Morgan fingerprint density at radius 1 is 0.947 bits per heavy atom. The van der Waals surface area contributed by atoms with Crippen LogP contribution in [0.4, 0.5) is 0 Å². The van der Waals surface area contributed by atoms with E-state index in [1.807, 2.05) is 0 Å². The van der Waals surface area contributed by atoms with Gasteiger partial charge in [-0.05, 0) is 57.8 Å². The average Bonchev–Trinajstić information content (AvgIpc) is 2.66. The van der Waals surface area contributed by atoms with Crippen molar-refractivity contribution in [1.82, 2.24) is 9.80 Å². The summed E-state index contributed by atoms with van der Waals surface area (Å²) in [6.07, 6.45) is 8.34. The molecular formula is C15H28N2O2. The minimum atomic E-state index is -0.674. The maximum Gasteiger partial charge on any atom is 0.304 e. The lowest BCUT2D eigenvalue weighted by atomic mass is 9.96. The Kier molecular flexibility index (Phi) is 6.11. The highest BCUT2D eigenvalue weighted by Gasteiger charge is 2.21. The monoisotopic (exact) mass is 268 g/mol. The van der Waals surface area contributed by atoms with Gasteiger partial charge in [-0.3, -0.25) is 4.79 Å². The van der Waals surface area contributed by atoms with E-state index in [0.29, 0.717) is 0 Å². The fourth-order valence-corrected chi connectivity index (χ4v) is 3.33. The Hall–Kier alpha value is -0.610. The molecule has 0 aliphatic carbocycles. The van der Waals surface area contributed by atoms with Crippen LogP contribution in [-0.4, -0.2) is 60.1 Å². The molecule has 19 heavy (non-hydrogen) atoms. The Morgan fingerprint density at radius 2 is 1.58 bits per heavy atom. The minimum absolute atomic E-state index is 0.288. The molecule has 0 atom stereocenters. The van der Waals surface area contributed by atoms with Crippen molar-refractivity contribution in [3.05, 3.63) is 0 Å². The number of carboxylic acids is 1. The molecule has 0 unspecified atom stereocenters. The van der Waals surface area contributed by atoms with E-state index in [1.54, 1.807) is 0 Å². The highest BCUT2D eigenvalue weighted by Crippen LogP contribution is 2.20. The molecule has 110 valence electrons. The van der Waals surface area contributed by atoms with Gasteiger partial charge in [-0.1, -0.05) is 12.8 Å². The van der Waals surface area contributed by atoms with Crippen LogP contribution in [0.3, 0.4) is 0 Å². The summed E-state index contributed by atoms with van der Waals surface area (Å²) in [6, 6.07) is 0. The lowest BCUT2D eigenvalue weighted by Gasteiger charge is -2.34. The summed E-state index contributed by atoms with van der Waals surface area (Å²) in [5.41, 5.74) is 0. The van der Waals surface area contributed by atoms with Crippen LogP contribution in [0, 0.1) is 5.92 Å². The number of piperidine rings is 1. The van der Waals surface area contributed by atoms with Gasteiger partial charge >= 0.3 is 5.97 Å². The third kappa shape index (κ3) is 5.49. The van der Waals surface area contributed by atoms with Gasteiger partial charge in [0, 0.05) is 13.1 Å². The second-order valence-corrected chi connectivity index (χ2v) is 6.14. The number of rotatable bonds is 5. The van der Waals surface area contributed by atoms with Crippen molar-refractivity contribution in [3.8, 4) is 0 Å². The van der Waals surface area contributed by atoms with E-state index in [1.165, 1.54) is 58.2 Å². The average molecular weight is 268 g/mol. The van der Waals surface area contributed by atoms with Gasteiger partial charge in [0.15, 0.2) is 0 Å². The molecule has 0 aromatic carbocycles. The minimum Gasteiger partial charge on any atom is -0.481 e. The van der Waals surface area contributed by atoms with E-state index in [-0.39, 0.29) is 6.42 Å². The molecule has 0 spiro atoms. The largest absolute Gasteiger partial charge is 0.481 e. The van der Waals surface area contributed by atoms with Gasteiger partial charge in [-0.2, -0.15) is 0 Å². The van der Waals surface area contributed by atoms with Crippen LogP contribution in [0.15, 0.2) is 0 Å². The molecule has 0 aromatic heterocycles. The molecule has 2 fully saturated rings. The van der Waals surface area contributed by atoms with Gasteiger partial charge in [-0.15, -0.1) is 0 Å². The van der Waals surface area contributed by atoms with Gasteiger partial charge in [0.1, 0.15) is 0 Å². The van der Waals surface area contributed by atoms with Crippen molar-refractivity contribution in [2.45, 2.75) is 44.9 Å². The Bertz CT molecular complexity index is 267. The predicted octanol–water partition coefficient (Wildman–Crippen LogP) is 2.05. The molecular weight excluding hydrogens is 240 g/mol.